The summed E-state index contributed by atoms with van der Waals surface area (Å²) in [6.45, 7) is 2.21. The van der Waals surface area contributed by atoms with E-state index in [9.17, 15) is 0 Å². The van der Waals surface area contributed by atoms with E-state index in [1.807, 2.05) is 0 Å². The van der Waals surface area contributed by atoms with Gasteiger partial charge in [-0.3, -0.25) is 0 Å². The van der Waals surface area contributed by atoms with Crippen molar-refractivity contribution in [1.29, 1.82) is 0 Å². The lowest BCUT2D eigenvalue weighted by Crippen LogP contribution is -2.43. The molecule has 1 aromatic rings. The van der Waals surface area contributed by atoms with Crippen LogP contribution >= 0.6 is 11.6 Å². The number of ether oxygens (including phenoxy) is 5. The number of benzene rings is 1. The second kappa shape index (κ2) is 6.07. The number of hydrogen-bond acceptors (Lipinski definition) is 5. The molecule has 2 aliphatic heterocycles. The summed E-state index contributed by atoms with van der Waals surface area (Å²) in [5.41, 5.74) is 0. The minimum atomic E-state index is -0.473. The van der Waals surface area contributed by atoms with Crippen molar-refractivity contribution in [2.24, 2.45) is 0 Å². The van der Waals surface area contributed by atoms with Crippen LogP contribution in [0.4, 0.5) is 0 Å². The van der Waals surface area contributed by atoms with Gasteiger partial charge in [-0.15, -0.1) is 0 Å². The van der Waals surface area contributed by atoms with Gasteiger partial charge in [-0.2, -0.15) is 0 Å². The molecular formula is C13H15ClO5. The first kappa shape index (κ1) is 13.1. The largest absolute Gasteiger partial charge is 0.480 e. The van der Waals surface area contributed by atoms with E-state index >= 15 is 0 Å². The van der Waals surface area contributed by atoms with Gasteiger partial charge in [0.25, 0.3) is 0 Å². The lowest BCUT2D eigenvalue weighted by atomic mass is 10.3. The fourth-order valence-electron chi connectivity index (χ4n) is 2.04. The summed E-state index contributed by atoms with van der Waals surface area (Å²) in [5.74, 6) is 0.674. The van der Waals surface area contributed by atoms with Gasteiger partial charge >= 0.3 is 0 Å². The molecule has 104 valence electrons. The number of hydrogen-bond donors (Lipinski definition) is 0. The predicted octanol–water partition coefficient (Wildman–Crippen LogP) is 1.83. The van der Waals surface area contributed by atoms with Gasteiger partial charge in [-0.25, -0.2) is 0 Å². The highest BCUT2D eigenvalue weighted by molar-refractivity contribution is 6.30. The van der Waals surface area contributed by atoms with Crippen LogP contribution in [0.15, 0.2) is 24.3 Å². The van der Waals surface area contributed by atoms with Crippen molar-refractivity contribution in [1.82, 2.24) is 0 Å². The zero-order valence-corrected chi connectivity index (χ0v) is 11.0. The van der Waals surface area contributed by atoms with E-state index in [-0.39, 0.29) is 0 Å². The summed E-state index contributed by atoms with van der Waals surface area (Å²) < 4.78 is 27.8. The zero-order valence-electron chi connectivity index (χ0n) is 10.3. The summed E-state index contributed by atoms with van der Waals surface area (Å²) in [6.07, 6.45) is -1.40. The highest BCUT2D eigenvalue weighted by Gasteiger charge is 2.39. The third-order valence-electron chi connectivity index (χ3n) is 2.92. The number of halogens is 1. The molecule has 0 aliphatic carbocycles. The zero-order chi connectivity index (χ0) is 13.1. The molecule has 0 saturated carbocycles. The quantitative estimate of drug-likeness (QED) is 0.845. The van der Waals surface area contributed by atoms with Gasteiger partial charge in [-0.1, -0.05) is 11.6 Å². The van der Waals surface area contributed by atoms with Crippen LogP contribution in [0, 0.1) is 0 Å². The van der Waals surface area contributed by atoms with Crippen molar-refractivity contribution in [3.63, 3.8) is 0 Å². The highest BCUT2D eigenvalue weighted by Crippen LogP contribution is 2.24. The van der Waals surface area contributed by atoms with Gasteiger partial charge < -0.3 is 23.7 Å². The molecule has 0 atom stereocenters. The van der Waals surface area contributed by atoms with Gasteiger partial charge in [0.05, 0.1) is 26.4 Å². The lowest BCUT2D eigenvalue weighted by Gasteiger charge is -2.27. The van der Waals surface area contributed by atoms with Crippen LogP contribution in [0.1, 0.15) is 0 Å². The van der Waals surface area contributed by atoms with Crippen molar-refractivity contribution < 1.29 is 23.7 Å². The first-order valence-electron chi connectivity index (χ1n) is 6.21. The van der Waals surface area contributed by atoms with Crippen LogP contribution in [0.2, 0.25) is 5.02 Å². The predicted molar refractivity (Wildman–Crippen MR) is 67.3 cm³/mol. The Kier molecular flexibility index (Phi) is 4.20. The molecule has 2 saturated heterocycles. The van der Waals surface area contributed by atoms with Gasteiger partial charge in [0.2, 0.25) is 0 Å². The molecule has 0 spiro atoms. The topological polar surface area (TPSA) is 46.2 Å². The fraction of sp³-hybridized carbons (Fsp3) is 0.538. The Morgan fingerprint density at radius 1 is 0.895 bits per heavy atom. The molecule has 2 aliphatic rings. The molecule has 2 heterocycles. The molecule has 2 fully saturated rings. The monoisotopic (exact) mass is 286 g/mol. The summed E-state index contributed by atoms with van der Waals surface area (Å²) >= 11 is 5.85. The molecule has 3 rings (SSSR count). The average molecular weight is 287 g/mol. The SMILES string of the molecule is Clc1ccc(OC(C2OCCO2)C2OCCO2)cc1. The molecule has 0 radical (unpaired) electrons. The van der Waals surface area contributed by atoms with Gasteiger partial charge in [0, 0.05) is 5.02 Å². The maximum absolute atomic E-state index is 5.88. The van der Waals surface area contributed by atoms with E-state index in [2.05, 4.69) is 0 Å². The minimum absolute atomic E-state index is 0.453. The standard InChI is InChI=1S/C13H15ClO5/c14-9-1-3-10(4-2-9)19-11(12-15-5-6-16-12)13-17-7-8-18-13/h1-4,11-13H,5-8H2. The van der Waals surface area contributed by atoms with Crippen LogP contribution in [0.25, 0.3) is 0 Å². The molecule has 19 heavy (non-hydrogen) atoms. The molecule has 5 nitrogen and oxygen atoms in total. The third kappa shape index (κ3) is 3.19. The van der Waals surface area contributed by atoms with Crippen LogP contribution in [0.3, 0.4) is 0 Å². The van der Waals surface area contributed by atoms with Crippen molar-refractivity contribution in [2.75, 3.05) is 26.4 Å². The third-order valence-corrected chi connectivity index (χ3v) is 3.17. The van der Waals surface area contributed by atoms with Crippen LogP contribution < -0.4 is 4.74 Å². The summed E-state index contributed by atoms with van der Waals surface area (Å²) in [7, 11) is 0. The Bertz CT molecular complexity index is 382. The summed E-state index contributed by atoms with van der Waals surface area (Å²) in [5, 5.41) is 0.658. The van der Waals surface area contributed by atoms with Crippen LogP contribution in [-0.2, 0) is 18.9 Å². The van der Waals surface area contributed by atoms with Gasteiger partial charge in [-0.05, 0) is 24.3 Å². The Morgan fingerprint density at radius 2 is 1.37 bits per heavy atom. The van der Waals surface area contributed by atoms with E-state index in [1.54, 1.807) is 24.3 Å². The molecule has 6 heteroatoms. The Labute approximate surface area is 116 Å². The Hall–Kier alpha value is -0.850. The van der Waals surface area contributed by atoms with E-state index in [1.165, 1.54) is 0 Å². The van der Waals surface area contributed by atoms with Crippen LogP contribution in [0.5, 0.6) is 5.75 Å². The first-order chi connectivity index (χ1) is 9.33. The number of rotatable bonds is 4. The molecule has 0 amide bonds. The average Bonchev–Trinajstić information content (AvgIpc) is 3.11. The van der Waals surface area contributed by atoms with Crippen molar-refractivity contribution >= 4 is 11.6 Å². The smallest absolute Gasteiger partial charge is 0.200 e. The van der Waals surface area contributed by atoms with Gasteiger partial charge in [0.1, 0.15) is 5.75 Å². The fourth-order valence-corrected chi connectivity index (χ4v) is 2.17. The van der Waals surface area contributed by atoms with Crippen LogP contribution in [-0.4, -0.2) is 45.1 Å². The molecule has 0 N–H and O–H groups in total. The van der Waals surface area contributed by atoms with E-state index in [4.69, 9.17) is 35.3 Å². The van der Waals surface area contributed by atoms with E-state index < -0.39 is 18.7 Å². The Balaban J connectivity index is 1.72. The molecule has 0 bridgehead atoms. The molecular weight excluding hydrogens is 272 g/mol. The maximum Gasteiger partial charge on any atom is 0.200 e. The molecule has 0 aromatic heterocycles. The van der Waals surface area contributed by atoms with E-state index in [0.29, 0.717) is 37.2 Å². The normalized spacial score (nSPS) is 21.4. The van der Waals surface area contributed by atoms with Crippen molar-refractivity contribution in [2.45, 2.75) is 18.7 Å². The van der Waals surface area contributed by atoms with E-state index in [0.717, 1.165) is 0 Å². The molecule has 1 aromatic carbocycles. The minimum Gasteiger partial charge on any atom is -0.480 e. The first-order valence-corrected chi connectivity index (χ1v) is 6.59. The summed E-state index contributed by atoms with van der Waals surface area (Å²) in [4.78, 5) is 0. The molecule has 0 unspecified atom stereocenters. The highest BCUT2D eigenvalue weighted by atomic mass is 35.5. The van der Waals surface area contributed by atoms with Gasteiger partial charge in [0.15, 0.2) is 18.7 Å². The lowest BCUT2D eigenvalue weighted by molar-refractivity contribution is -0.197. The second-order valence-corrected chi connectivity index (χ2v) is 4.69. The Morgan fingerprint density at radius 3 is 1.84 bits per heavy atom. The maximum atomic E-state index is 5.88. The summed E-state index contributed by atoms with van der Waals surface area (Å²) in [6, 6.07) is 7.11. The van der Waals surface area contributed by atoms with Crippen molar-refractivity contribution in [3.05, 3.63) is 29.3 Å². The van der Waals surface area contributed by atoms with Crippen molar-refractivity contribution in [3.8, 4) is 5.75 Å². The second-order valence-electron chi connectivity index (χ2n) is 4.26.